The van der Waals surface area contributed by atoms with E-state index in [1.165, 1.54) is 141 Å². The van der Waals surface area contributed by atoms with Crippen LogP contribution in [0.25, 0.3) is 0 Å². The molecule has 0 heterocycles. The first-order valence-corrected chi connectivity index (χ1v) is 24.4. The molecule has 0 radical (unpaired) electrons. The highest BCUT2D eigenvalue weighted by Crippen LogP contribution is 2.43. The molecule has 2 atom stereocenters. The normalized spacial score (nSPS) is 13.8. The third-order valence-electron chi connectivity index (χ3n) is 10.1. The van der Waals surface area contributed by atoms with Crippen LogP contribution in [0.15, 0.2) is 12.2 Å². The van der Waals surface area contributed by atoms with E-state index in [0.29, 0.717) is 24.1 Å². The Morgan fingerprint density at radius 2 is 1.00 bits per heavy atom. The second kappa shape index (κ2) is 39.1. The summed E-state index contributed by atoms with van der Waals surface area (Å²) in [5, 5.41) is 0. The van der Waals surface area contributed by atoms with Gasteiger partial charge in [-0.1, -0.05) is 187 Å². The number of quaternary nitrogens is 1. The summed E-state index contributed by atoms with van der Waals surface area (Å²) in [6.07, 6.45) is 42.6. The Bertz CT molecular complexity index is 879. The topological polar surface area (TPSA) is 91.3 Å². The van der Waals surface area contributed by atoms with Crippen LogP contribution in [-0.2, 0) is 27.9 Å². The maximum atomic E-state index is 12.6. The molecule has 0 bridgehead atoms. The highest BCUT2D eigenvalue weighted by molar-refractivity contribution is 7.47. The fourth-order valence-corrected chi connectivity index (χ4v) is 7.24. The van der Waals surface area contributed by atoms with Crippen molar-refractivity contribution in [3.63, 3.8) is 0 Å². The minimum atomic E-state index is -4.27. The average molecular weight is 789 g/mol. The Kier molecular flexibility index (Phi) is 38.5. The monoisotopic (exact) mass is 789 g/mol. The van der Waals surface area contributed by atoms with E-state index in [9.17, 15) is 14.3 Å². The van der Waals surface area contributed by atoms with Gasteiger partial charge in [0, 0.05) is 13.0 Å². The second-order valence-corrected chi connectivity index (χ2v) is 18.2. The molecule has 9 heteroatoms. The molecule has 322 valence electrons. The van der Waals surface area contributed by atoms with Gasteiger partial charge >= 0.3 is 13.8 Å². The Balaban J connectivity index is 4.04. The first kappa shape index (κ1) is 53.2. The summed E-state index contributed by atoms with van der Waals surface area (Å²) in [5.74, 6) is -0.322. The van der Waals surface area contributed by atoms with Gasteiger partial charge < -0.3 is 18.9 Å². The summed E-state index contributed by atoms with van der Waals surface area (Å²) in [4.78, 5) is 22.8. The first-order valence-electron chi connectivity index (χ1n) is 22.9. The Morgan fingerprint density at radius 1 is 0.556 bits per heavy atom. The smallest absolute Gasteiger partial charge is 0.457 e. The molecular weight excluding hydrogens is 697 g/mol. The predicted octanol–water partition coefficient (Wildman–Crippen LogP) is 13.4. The summed E-state index contributed by atoms with van der Waals surface area (Å²) >= 11 is 0. The zero-order valence-corrected chi connectivity index (χ0v) is 37.4. The summed E-state index contributed by atoms with van der Waals surface area (Å²) in [6.45, 7) is 5.59. The largest absolute Gasteiger partial charge is 0.472 e. The fourth-order valence-electron chi connectivity index (χ4n) is 6.50. The molecule has 8 nitrogen and oxygen atoms in total. The Hall–Kier alpha value is -0.760. The fraction of sp³-hybridized carbons (Fsp3) is 0.933. The predicted molar refractivity (Wildman–Crippen MR) is 229 cm³/mol. The van der Waals surface area contributed by atoms with Crippen molar-refractivity contribution in [3.8, 4) is 0 Å². The van der Waals surface area contributed by atoms with Crippen molar-refractivity contribution in [1.82, 2.24) is 0 Å². The van der Waals surface area contributed by atoms with Gasteiger partial charge in [-0.15, -0.1) is 0 Å². The average Bonchev–Trinajstić information content (AvgIpc) is 3.12. The van der Waals surface area contributed by atoms with Gasteiger partial charge in [0.05, 0.1) is 34.4 Å². The van der Waals surface area contributed by atoms with Crippen molar-refractivity contribution >= 4 is 13.8 Å². The van der Waals surface area contributed by atoms with E-state index < -0.39 is 13.9 Å². The number of carbonyl (C=O) groups excluding carboxylic acids is 1. The zero-order valence-electron chi connectivity index (χ0n) is 36.5. The van der Waals surface area contributed by atoms with E-state index in [0.717, 1.165) is 51.4 Å². The molecular formula is C45H91NO7P+. The number of allylic oxidation sites excluding steroid dienone is 2. The lowest BCUT2D eigenvalue weighted by Gasteiger charge is -2.24. The molecule has 0 amide bonds. The molecule has 1 N–H and O–H groups in total. The van der Waals surface area contributed by atoms with Crippen LogP contribution >= 0.6 is 7.82 Å². The number of hydrogen-bond acceptors (Lipinski definition) is 6. The van der Waals surface area contributed by atoms with Gasteiger partial charge in [0.15, 0.2) is 0 Å². The number of nitrogens with zero attached hydrogens (tertiary/aromatic N) is 1. The highest BCUT2D eigenvalue weighted by Gasteiger charge is 2.26. The molecule has 0 rings (SSSR count). The molecule has 0 spiro atoms. The Labute approximate surface area is 335 Å². The van der Waals surface area contributed by atoms with Crippen molar-refractivity contribution in [3.05, 3.63) is 12.2 Å². The van der Waals surface area contributed by atoms with E-state index in [1.54, 1.807) is 0 Å². The molecule has 2 unspecified atom stereocenters. The molecule has 0 saturated heterocycles. The van der Waals surface area contributed by atoms with Crippen LogP contribution in [-0.4, -0.2) is 75.6 Å². The maximum Gasteiger partial charge on any atom is 0.472 e. The molecule has 0 saturated carbocycles. The molecule has 54 heavy (non-hydrogen) atoms. The van der Waals surface area contributed by atoms with Gasteiger partial charge in [0.2, 0.25) is 0 Å². The SMILES string of the molecule is CCC/C=C\CCCCCCCC(=O)OC(COCCCCCCCCCCCCCCCCCCCCCCCC)COP(=O)(O)OCC[N+](C)(C)C. The number of phosphoric ester groups is 1. The number of esters is 1. The summed E-state index contributed by atoms with van der Waals surface area (Å²) in [7, 11) is 1.67. The number of unbranched alkanes of at least 4 members (excludes halogenated alkanes) is 27. The number of likely N-dealkylation sites (N-methyl/N-ethyl adjacent to an activating group) is 1. The maximum absolute atomic E-state index is 12.6. The van der Waals surface area contributed by atoms with Gasteiger partial charge in [-0.05, 0) is 32.1 Å². The zero-order chi connectivity index (χ0) is 39.9. The van der Waals surface area contributed by atoms with Crippen molar-refractivity contribution in [1.29, 1.82) is 0 Å². The molecule has 0 aromatic carbocycles. The van der Waals surface area contributed by atoms with Gasteiger partial charge in [-0.2, -0.15) is 0 Å². The van der Waals surface area contributed by atoms with E-state index in [1.807, 2.05) is 21.1 Å². The number of hydrogen-bond donors (Lipinski definition) is 1. The van der Waals surface area contributed by atoms with Crippen LogP contribution in [0.2, 0.25) is 0 Å². The van der Waals surface area contributed by atoms with E-state index in [4.69, 9.17) is 18.5 Å². The van der Waals surface area contributed by atoms with Crippen LogP contribution in [0.5, 0.6) is 0 Å². The highest BCUT2D eigenvalue weighted by atomic mass is 31.2. The van der Waals surface area contributed by atoms with E-state index >= 15 is 0 Å². The Morgan fingerprint density at radius 3 is 1.48 bits per heavy atom. The van der Waals surface area contributed by atoms with Crippen LogP contribution in [0.4, 0.5) is 0 Å². The van der Waals surface area contributed by atoms with Crippen molar-refractivity contribution in [2.75, 3.05) is 54.1 Å². The van der Waals surface area contributed by atoms with E-state index in [-0.39, 0.29) is 25.8 Å². The second-order valence-electron chi connectivity index (χ2n) is 16.8. The van der Waals surface area contributed by atoms with Gasteiger partial charge in [0.1, 0.15) is 19.3 Å². The third-order valence-corrected chi connectivity index (χ3v) is 11.0. The van der Waals surface area contributed by atoms with E-state index in [2.05, 4.69) is 26.0 Å². The molecule has 0 aliphatic heterocycles. The molecule has 0 fully saturated rings. The third kappa shape index (κ3) is 42.4. The molecule has 0 aromatic rings. The van der Waals surface area contributed by atoms with Gasteiger partial charge in [-0.3, -0.25) is 13.8 Å². The number of phosphoric acid groups is 1. The lowest BCUT2D eigenvalue weighted by Crippen LogP contribution is -2.37. The summed E-state index contributed by atoms with van der Waals surface area (Å²) in [5.41, 5.74) is 0. The standard InChI is InChI=1S/C45H90NO7P/c1-6-8-10-12-14-16-18-19-20-21-22-23-24-25-26-27-28-29-31-33-35-37-40-50-42-44(43-52-54(48,49)51-41-39-46(3,4)5)53-45(47)38-36-34-32-30-17-15-13-11-9-7-2/h11,13,44H,6-10,12,14-43H2,1-5H3/p+1/b13-11-. The van der Waals surface area contributed by atoms with Crippen LogP contribution in [0.1, 0.15) is 213 Å². The summed E-state index contributed by atoms with van der Waals surface area (Å²) in [6, 6.07) is 0. The molecule has 0 aliphatic carbocycles. The van der Waals surface area contributed by atoms with Crippen LogP contribution in [0, 0.1) is 0 Å². The molecule has 0 aliphatic rings. The van der Waals surface area contributed by atoms with Crippen molar-refractivity contribution < 1.29 is 37.3 Å². The van der Waals surface area contributed by atoms with Crippen molar-refractivity contribution in [2.45, 2.75) is 219 Å². The minimum absolute atomic E-state index is 0.0900. The summed E-state index contributed by atoms with van der Waals surface area (Å²) < 4.78 is 35.0. The molecule has 0 aromatic heterocycles. The van der Waals surface area contributed by atoms with Gasteiger partial charge in [0.25, 0.3) is 0 Å². The first-order chi connectivity index (χ1) is 26.1. The van der Waals surface area contributed by atoms with Crippen molar-refractivity contribution in [2.24, 2.45) is 0 Å². The van der Waals surface area contributed by atoms with Crippen LogP contribution < -0.4 is 0 Å². The number of ether oxygens (including phenoxy) is 2. The lowest BCUT2D eigenvalue weighted by atomic mass is 10.0. The lowest BCUT2D eigenvalue weighted by molar-refractivity contribution is -0.870. The van der Waals surface area contributed by atoms with Gasteiger partial charge in [-0.25, -0.2) is 4.57 Å². The number of carbonyl (C=O) groups is 1. The number of rotatable bonds is 43. The minimum Gasteiger partial charge on any atom is -0.457 e. The quantitative estimate of drug-likeness (QED) is 0.0216. The van der Waals surface area contributed by atoms with Crippen LogP contribution in [0.3, 0.4) is 0 Å².